The van der Waals surface area contributed by atoms with E-state index in [1.165, 1.54) is 0 Å². The first-order valence-corrected chi connectivity index (χ1v) is 9.52. The number of hydrogen-bond donors (Lipinski definition) is 1. The van der Waals surface area contributed by atoms with Gasteiger partial charge in [0.15, 0.2) is 0 Å². The Balaban J connectivity index is 1.27. The van der Waals surface area contributed by atoms with E-state index >= 15 is 0 Å². The Morgan fingerprint density at radius 1 is 1.27 bits per heavy atom. The van der Waals surface area contributed by atoms with E-state index in [4.69, 9.17) is 9.47 Å². The molecule has 1 saturated carbocycles. The van der Waals surface area contributed by atoms with Crippen molar-refractivity contribution in [2.45, 2.75) is 31.7 Å². The molecule has 140 valence electrons. The van der Waals surface area contributed by atoms with Crippen molar-refractivity contribution < 1.29 is 19.1 Å². The largest absolute Gasteiger partial charge is 0.494 e. The minimum absolute atomic E-state index is 0.0743. The molecule has 0 aromatic heterocycles. The molecule has 1 aliphatic carbocycles. The molecule has 1 aromatic carbocycles. The molecule has 1 aromatic rings. The number of carbonyl (C=O) groups is 2. The van der Waals surface area contributed by atoms with Crippen LogP contribution >= 0.6 is 0 Å². The Morgan fingerprint density at radius 2 is 2.08 bits per heavy atom. The van der Waals surface area contributed by atoms with Gasteiger partial charge in [0.05, 0.1) is 25.2 Å². The predicted molar refractivity (Wildman–Crippen MR) is 95.7 cm³/mol. The van der Waals surface area contributed by atoms with Gasteiger partial charge in [-0.05, 0) is 31.4 Å². The number of benzene rings is 1. The molecule has 6 nitrogen and oxygen atoms in total. The first kappa shape index (κ1) is 17.3. The van der Waals surface area contributed by atoms with E-state index < -0.39 is 5.41 Å². The lowest BCUT2D eigenvalue weighted by molar-refractivity contribution is -0.134. The van der Waals surface area contributed by atoms with Crippen LogP contribution in [0.15, 0.2) is 30.3 Å². The van der Waals surface area contributed by atoms with E-state index in [9.17, 15) is 9.59 Å². The molecule has 1 N–H and O–H groups in total. The Labute approximate surface area is 153 Å². The van der Waals surface area contributed by atoms with Crippen LogP contribution < -0.4 is 10.1 Å². The van der Waals surface area contributed by atoms with Gasteiger partial charge in [-0.25, -0.2) is 0 Å². The summed E-state index contributed by atoms with van der Waals surface area (Å²) >= 11 is 0. The van der Waals surface area contributed by atoms with E-state index in [1.54, 1.807) is 0 Å². The molecule has 3 aliphatic rings. The Morgan fingerprint density at radius 3 is 2.85 bits per heavy atom. The maximum Gasteiger partial charge on any atom is 0.231 e. The second kappa shape index (κ2) is 7.27. The lowest BCUT2D eigenvalue weighted by atomic mass is 9.80. The van der Waals surface area contributed by atoms with Crippen molar-refractivity contribution in [3.8, 4) is 5.75 Å². The van der Waals surface area contributed by atoms with E-state index in [2.05, 4.69) is 5.32 Å². The highest BCUT2D eigenvalue weighted by Gasteiger charge is 2.57. The van der Waals surface area contributed by atoms with Gasteiger partial charge in [0, 0.05) is 31.5 Å². The Bertz CT molecular complexity index is 661. The number of nitrogens with one attached hydrogen (secondary N) is 1. The van der Waals surface area contributed by atoms with E-state index in [-0.39, 0.29) is 17.7 Å². The van der Waals surface area contributed by atoms with E-state index in [1.807, 2.05) is 35.2 Å². The van der Waals surface area contributed by atoms with Crippen LogP contribution in [0.4, 0.5) is 0 Å². The molecular weight excluding hydrogens is 332 g/mol. The second-order valence-electron chi connectivity index (χ2n) is 7.66. The smallest absolute Gasteiger partial charge is 0.231 e. The maximum absolute atomic E-state index is 12.7. The Kier molecular flexibility index (Phi) is 4.85. The average molecular weight is 358 g/mol. The normalized spacial score (nSPS) is 27.2. The zero-order valence-electron chi connectivity index (χ0n) is 15.0. The highest BCUT2D eigenvalue weighted by molar-refractivity contribution is 5.86. The van der Waals surface area contributed by atoms with Crippen LogP contribution in [0.2, 0.25) is 0 Å². The average Bonchev–Trinajstić information content (AvgIpc) is 3.24. The van der Waals surface area contributed by atoms with Crippen LogP contribution in [-0.4, -0.2) is 55.7 Å². The summed E-state index contributed by atoms with van der Waals surface area (Å²) in [6.07, 6.45) is 3.25. The molecule has 2 saturated heterocycles. The van der Waals surface area contributed by atoms with Crippen LogP contribution in [0.5, 0.6) is 5.75 Å². The number of likely N-dealkylation sites (tertiary alicyclic amines) is 1. The predicted octanol–water partition coefficient (Wildman–Crippen LogP) is 1.60. The number of hydrogen-bond acceptors (Lipinski definition) is 4. The van der Waals surface area contributed by atoms with Gasteiger partial charge in [0.25, 0.3) is 0 Å². The first-order chi connectivity index (χ1) is 12.7. The van der Waals surface area contributed by atoms with Crippen LogP contribution in [0.25, 0.3) is 0 Å². The molecule has 2 amide bonds. The molecule has 0 unspecified atom stereocenters. The van der Waals surface area contributed by atoms with Crippen LogP contribution in [0.3, 0.4) is 0 Å². The molecule has 6 heteroatoms. The van der Waals surface area contributed by atoms with Crippen molar-refractivity contribution >= 4 is 11.8 Å². The van der Waals surface area contributed by atoms with Gasteiger partial charge in [-0.3, -0.25) is 9.59 Å². The van der Waals surface area contributed by atoms with Gasteiger partial charge in [0.1, 0.15) is 5.75 Å². The molecule has 2 atom stereocenters. The summed E-state index contributed by atoms with van der Waals surface area (Å²) in [5.41, 5.74) is -0.543. The number of ether oxygens (including phenoxy) is 2. The third kappa shape index (κ3) is 3.56. The third-order valence-electron chi connectivity index (χ3n) is 5.64. The minimum atomic E-state index is -0.543. The number of nitrogens with zero attached hydrogens (tertiary/aromatic N) is 1. The lowest BCUT2D eigenvalue weighted by Gasteiger charge is -2.26. The molecule has 0 spiro atoms. The SMILES string of the molecule is O=C(CCCOc1ccccc1)N1C[C@@H]2COC[C@]2(C(=O)NC2CC2)C1. The monoisotopic (exact) mass is 358 g/mol. The number of fused-ring (bicyclic) bond motifs is 1. The van der Waals surface area contributed by atoms with Gasteiger partial charge < -0.3 is 19.7 Å². The number of para-hydroxylation sites is 1. The zero-order valence-corrected chi connectivity index (χ0v) is 15.0. The number of carbonyl (C=O) groups excluding carboxylic acids is 2. The van der Waals surface area contributed by atoms with Gasteiger partial charge in [-0.15, -0.1) is 0 Å². The first-order valence-electron chi connectivity index (χ1n) is 9.52. The van der Waals surface area contributed by atoms with Crippen molar-refractivity contribution in [2.75, 3.05) is 32.9 Å². The molecular formula is C20H26N2O4. The fraction of sp³-hybridized carbons (Fsp3) is 0.600. The summed E-state index contributed by atoms with van der Waals surface area (Å²) < 4.78 is 11.2. The third-order valence-corrected chi connectivity index (χ3v) is 5.64. The summed E-state index contributed by atoms with van der Waals surface area (Å²) in [6, 6.07) is 9.95. The van der Waals surface area contributed by atoms with Gasteiger partial charge in [-0.1, -0.05) is 18.2 Å². The van der Waals surface area contributed by atoms with Crippen molar-refractivity contribution in [3.63, 3.8) is 0 Å². The molecule has 2 heterocycles. The summed E-state index contributed by atoms with van der Waals surface area (Å²) in [4.78, 5) is 27.2. The van der Waals surface area contributed by atoms with Gasteiger partial charge in [0.2, 0.25) is 11.8 Å². The van der Waals surface area contributed by atoms with Crippen LogP contribution in [0.1, 0.15) is 25.7 Å². The highest BCUT2D eigenvalue weighted by Crippen LogP contribution is 2.42. The van der Waals surface area contributed by atoms with Crippen molar-refractivity contribution in [2.24, 2.45) is 11.3 Å². The van der Waals surface area contributed by atoms with Crippen molar-refractivity contribution in [1.82, 2.24) is 10.2 Å². The fourth-order valence-electron chi connectivity index (χ4n) is 3.89. The lowest BCUT2D eigenvalue weighted by Crippen LogP contribution is -2.47. The zero-order chi connectivity index (χ0) is 18.0. The molecule has 0 bridgehead atoms. The summed E-state index contributed by atoms with van der Waals surface area (Å²) in [7, 11) is 0. The molecule has 26 heavy (non-hydrogen) atoms. The standard InChI is InChI=1S/C20H26N2O4/c23-18(7-4-10-26-17-5-2-1-3-6-17)22-11-15-12-25-14-20(15,13-22)19(24)21-16-8-9-16/h1-3,5-6,15-16H,4,7-14H2,(H,21,24)/t15-,20-/m1/s1. The van der Waals surface area contributed by atoms with E-state index in [0.717, 1.165) is 18.6 Å². The summed E-state index contributed by atoms with van der Waals surface area (Å²) in [5.74, 6) is 1.12. The van der Waals surface area contributed by atoms with Crippen molar-refractivity contribution in [3.05, 3.63) is 30.3 Å². The quantitative estimate of drug-likeness (QED) is 0.752. The Hall–Kier alpha value is -2.08. The highest BCUT2D eigenvalue weighted by atomic mass is 16.5. The topological polar surface area (TPSA) is 67.9 Å². The van der Waals surface area contributed by atoms with Crippen LogP contribution in [0, 0.1) is 11.3 Å². The number of amides is 2. The fourth-order valence-corrected chi connectivity index (χ4v) is 3.89. The van der Waals surface area contributed by atoms with Crippen molar-refractivity contribution in [1.29, 1.82) is 0 Å². The van der Waals surface area contributed by atoms with E-state index in [0.29, 0.717) is 51.8 Å². The molecule has 4 rings (SSSR count). The molecule has 3 fully saturated rings. The van der Waals surface area contributed by atoms with Gasteiger partial charge >= 0.3 is 0 Å². The maximum atomic E-state index is 12.7. The second-order valence-corrected chi connectivity index (χ2v) is 7.66. The number of rotatable bonds is 7. The molecule has 0 radical (unpaired) electrons. The molecule has 2 aliphatic heterocycles. The van der Waals surface area contributed by atoms with Crippen LogP contribution in [-0.2, 0) is 14.3 Å². The minimum Gasteiger partial charge on any atom is -0.494 e. The summed E-state index contributed by atoms with van der Waals surface area (Å²) in [5, 5.41) is 3.11. The summed E-state index contributed by atoms with van der Waals surface area (Å²) in [6.45, 7) is 2.62. The van der Waals surface area contributed by atoms with Gasteiger partial charge in [-0.2, -0.15) is 0 Å².